The number of rotatable bonds is 3. The first-order chi connectivity index (χ1) is 6.66. The smallest absolute Gasteiger partial charge is 0.374 e. The van der Waals surface area contributed by atoms with Gasteiger partial charge in [0.2, 0.25) is 5.78 Å². The second-order valence-corrected chi connectivity index (χ2v) is 2.99. The van der Waals surface area contributed by atoms with Crippen LogP contribution >= 0.6 is 0 Å². The van der Waals surface area contributed by atoms with Crippen molar-refractivity contribution < 1.29 is 14.3 Å². The quantitative estimate of drug-likeness (QED) is 0.539. The molecule has 14 heavy (non-hydrogen) atoms. The molecule has 0 aliphatic rings. The summed E-state index contributed by atoms with van der Waals surface area (Å²) >= 11 is 0. The molecule has 0 amide bonds. The zero-order chi connectivity index (χ0) is 10.6. The molecule has 1 aromatic carbocycles. The van der Waals surface area contributed by atoms with Crippen LogP contribution in [0.5, 0.6) is 0 Å². The van der Waals surface area contributed by atoms with E-state index in [-0.39, 0.29) is 0 Å². The Kier molecular flexibility index (Phi) is 3.40. The van der Waals surface area contributed by atoms with E-state index in [2.05, 4.69) is 4.74 Å². The second-order valence-electron chi connectivity index (χ2n) is 2.99. The van der Waals surface area contributed by atoms with Crippen LogP contribution in [0.2, 0.25) is 0 Å². The van der Waals surface area contributed by atoms with Crippen LogP contribution in [0, 0.1) is 0 Å². The Labute approximate surface area is 82.7 Å². The van der Waals surface area contributed by atoms with Gasteiger partial charge in [-0.3, -0.25) is 4.79 Å². The van der Waals surface area contributed by atoms with Crippen molar-refractivity contribution in [3.63, 3.8) is 0 Å². The lowest BCUT2D eigenvalue weighted by molar-refractivity contribution is -0.152. The van der Waals surface area contributed by atoms with E-state index in [0.29, 0.717) is 0 Å². The van der Waals surface area contributed by atoms with Crippen molar-refractivity contribution in [2.45, 2.75) is 12.8 Å². The standard InChI is InChI=1S/C11H12O3/c1-8(10(12)11(13)14-2)9-6-4-3-5-7-9/h3-8H,1-2H3/t8-/m0/s1. The zero-order valence-corrected chi connectivity index (χ0v) is 8.19. The molecule has 0 saturated heterocycles. The first-order valence-electron chi connectivity index (χ1n) is 4.34. The van der Waals surface area contributed by atoms with Crippen molar-refractivity contribution in [2.75, 3.05) is 7.11 Å². The lowest BCUT2D eigenvalue weighted by Gasteiger charge is -2.08. The minimum Gasteiger partial charge on any atom is -0.463 e. The first-order valence-corrected chi connectivity index (χ1v) is 4.34. The Hall–Kier alpha value is -1.64. The maximum absolute atomic E-state index is 11.4. The molecule has 0 heterocycles. The fraction of sp³-hybridized carbons (Fsp3) is 0.273. The summed E-state index contributed by atoms with van der Waals surface area (Å²) in [5.74, 6) is -1.75. The summed E-state index contributed by atoms with van der Waals surface area (Å²) in [5.41, 5.74) is 0.822. The zero-order valence-electron chi connectivity index (χ0n) is 8.19. The van der Waals surface area contributed by atoms with Gasteiger partial charge in [-0.1, -0.05) is 37.3 Å². The summed E-state index contributed by atoms with van der Waals surface area (Å²) in [6.45, 7) is 1.69. The Balaban J connectivity index is 2.81. The number of methoxy groups -OCH3 is 1. The normalized spacial score (nSPS) is 11.9. The summed E-state index contributed by atoms with van der Waals surface area (Å²) < 4.78 is 4.37. The van der Waals surface area contributed by atoms with E-state index in [1.807, 2.05) is 30.3 Å². The molecular formula is C11H12O3. The van der Waals surface area contributed by atoms with Crippen LogP contribution in [0.25, 0.3) is 0 Å². The highest BCUT2D eigenvalue weighted by molar-refractivity contribution is 6.35. The van der Waals surface area contributed by atoms with Gasteiger partial charge >= 0.3 is 5.97 Å². The third-order valence-electron chi connectivity index (χ3n) is 2.08. The Morgan fingerprint density at radius 2 is 1.79 bits per heavy atom. The van der Waals surface area contributed by atoms with Crippen molar-refractivity contribution in [3.05, 3.63) is 35.9 Å². The van der Waals surface area contributed by atoms with Crippen molar-refractivity contribution in [1.29, 1.82) is 0 Å². The average molecular weight is 192 g/mol. The highest BCUT2D eigenvalue weighted by atomic mass is 16.5. The predicted octanol–water partition coefficient (Wildman–Crippen LogP) is 1.53. The van der Waals surface area contributed by atoms with Gasteiger partial charge in [-0.25, -0.2) is 4.79 Å². The SMILES string of the molecule is COC(=O)C(=O)[C@@H](C)c1ccccc1. The van der Waals surface area contributed by atoms with E-state index in [9.17, 15) is 9.59 Å². The molecule has 0 aromatic heterocycles. The number of Topliss-reactive ketones (excluding diaryl/α,β-unsaturated/α-hetero) is 1. The van der Waals surface area contributed by atoms with Gasteiger partial charge in [0.15, 0.2) is 0 Å². The number of carbonyl (C=O) groups excluding carboxylic acids is 2. The Morgan fingerprint density at radius 1 is 1.21 bits per heavy atom. The number of hydrogen-bond acceptors (Lipinski definition) is 3. The van der Waals surface area contributed by atoms with E-state index >= 15 is 0 Å². The van der Waals surface area contributed by atoms with Crippen LogP contribution in [0.1, 0.15) is 18.4 Å². The Bertz CT molecular complexity index is 330. The summed E-state index contributed by atoms with van der Waals surface area (Å²) in [6.07, 6.45) is 0. The van der Waals surface area contributed by atoms with Crippen LogP contribution in [-0.4, -0.2) is 18.9 Å². The number of benzene rings is 1. The van der Waals surface area contributed by atoms with Crippen LogP contribution in [0.15, 0.2) is 30.3 Å². The van der Waals surface area contributed by atoms with Gasteiger partial charge in [0.1, 0.15) is 0 Å². The maximum atomic E-state index is 11.4. The molecular weight excluding hydrogens is 180 g/mol. The molecule has 1 aromatic rings. The topological polar surface area (TPSA) is 43.4 Å². The molecule has 0 N–H and O–H groups in total. The van der Waals surface area contributed by atoms with Crippen LogP contribution < -0.4 is 0 Å². The molecule has 0 aliphatic heterocycles. The molecule has 0 unspecified atom stereocenters. The fourth-order valence-corrected chi connectivity index (χ4v) is 1.17. The first kappa shape index (κ1) is 10.4. The number of hydrogen-bond donors (Lipinski definition) is 0. The van der Waals surface area contributed by atoms with Crippen molar-refractivity contribution in [2.24, 2.45) is 0 Å². The van der Waals surface area contributed by atoms with Gasteiger partial charge in [-0.15, -0.1) is 0 Å². The third-order valence-corrected chi connectivity index (χ3v) is 2.08. The second kappa shape index (κ2) is 4.56. The molecule has 1 atom stereocenters. The summed E-state index contributed by atoms with van der Waals surface area (Å²) in [6, 6.07) is 9.14. The molecule has 0 bridgehead atoms. The summed E-state index contributed by atoms with van der Waals surface area (Å²) in [4.78, 5) is 22.4. The van der Waals surface area contributed by atoms with Gasteiger partial charge in [0.25, 0.3) is 0 Å². The molecule has 0 fully saturated rings. The monoisotopic (exact) mass is 192 g/mol. The lowest BCUT2D eigenvalue weighted by Crippen LogP contribution is -2.21. The number of ether oxygens (including phenoxy) is 1. The van der Waals surface area contributed by atoms with E-state index in [1.54, 1.807) is 6.92 Å². The third kappa shape index (κ3) is 2.19. The van der Waals surface area contributed by atoms with Crippen molar-refractivity contribution in [3.8, 4) is 0 Å². The highest BCUT2D eigenvalue weighted by Crippen LogP contribution is 2.15. The predicted molar refractivity (Wildman–Crippen MR) is 51.9 cm³/mol. The van der Waals surface area contributed by atoms with Crippen molar-refractivity contribution >= 4 is 11.8 Å². The fourth-order valence-electron chi connectivity index (χ4n) is 1.17. The van der Waals surface area contributed by atoms with Gasteiger partial charge in [0, 0.05) is 0 Å². The van der Waals surface area contributed by atoms with E-state index in [4.69, 9.17) is 0 Å². The summed E-state index contributed by atoms with van der Waals surface area (Å²) in [5, 5.41) is 0. The van der Waals surface area contributed by atoms with Crippen LogP contribution in [0.4, 0.5) is 0 Å². The average Bonchev–Trinajstić information content (AvgIpc) is 2.27. The lowest BCUT2D eigenvalue weighted by atomic mass is 9.97. The largest absolute Gasteiger partial charge is 0.463 e. The maximum Gasteiger partial charge on any atom is 0.374 e. The number of carbonyl (C=O) groups is 2. The van der Waals surface area contributed by atoms with E-state index < -0.39 is 17.7 Å². The molecule has 0 radical (unpaired) electrons. The van der Waals surface area contributed by atoms with Gasteiger partial charge in [0.05, 0.1) is 13.0 Å². The number of ketones is 1. The Morgan fingerprint density at radius 3 is 2.29 bits per heavy atom. The van der Waals surface area contributed by atoms with Gasteiger partial charge < -0.3 is 4.74 Å². The molecule has 0 spiro atoms. The summed E-state index contributed by atoms with van der Waals surface area (Å²) in [7, 11) is 1.21. The minimum absolute atomic E-state index is 0.441. The highest BCUT2D eigenvalue weighted by Gasteiger charge is 2.22. The molecule has 1 rings (SSSR count). The van der Waals surface area contributed by atoms with E-state index in [1.165, 1.54) is 7.11 Å². The van der Waals surface area contributed by atoms with Gasteiger partial charge in [-0.05, 0) is 5.56 Å². The minimum atomic E-state index is -0.790. The van der Waals surface area contributed by atoms with Crippen LogP contribution in [0.3, 0.4) is 0 Å². The molecule has 74 valence electrons. The molecule has 0 saturated carbocycles. The molecule has 0 aliphatic carbocycles. The van der Waals surface area contributed by atoms with E-state index in [0.717, 1.165) is 5.56 Å². The number of esters is 1. The van der Waals surface area contributed by atoms with Crippen molar-refractivity contribution in [1.82, 2.24) is 0 Å². The molecule has 3 heteroatoms. The molecule has 3 nitrogen and oxygen atoms in total. The van der Waals surface area contributed by atoms with Crippen LogP contribution in [-0.2, 0) is 14.3 Å². The van der Waals surface area contributed by atoms with Gasteiger partial charge in [-0.2, -0.15) is 0 Å².